The molecule has 1 aromatic rings. The molecule has 1 heterocycles. The Morgan fingerprint density at radius 1 is 1.25 bits per heavy atom. The molecule has 3 rings (SSSR count). The molecule has 130 valence electrons. The number of carbonyl (C=O) groups excluding carboxylic acids is 1. The molecule has 1 amide bonds. The van der Waals surface area contributed by atoms with Crippen molar-refractivity contribution in [2.45, 2.75) is 51.2 Å². The molecule has 1 aliphatic heterocycles. The smallest absolute Gasteiger partial charge is 0.225 e. The molecule has 1 aliphatic carbocycles. The molecule has 1 saturated carbocycles. The normalized spacial score (nSPS) is 23.7. The van der Waals surface area contributed by atoms with Crippen molar-refractivity contribution in [3.63, 3.8) is 0 Å². The van der Waals surface area contributed by atoms with E-state index in [4.69, 9.17) is 4.99 Å². The van der Waals surface area contributed by atoms with E-state index in [0.29, 0.717) is 6.04 Å². The Morgan fingerprint density at radius 2 is 1.92 bits per heavy atom. The van der Waals surface area contributed by atoms with Crippen molar-refractivity contribution in [1.82, 2.24) is 4.90 Å². The molecule has 4 nitrogen and oxygen atoms in total. The van der Waals surface area contributed by atoms with Gasteiger partial charge in [-0.05, 0) is 37.1 Å². The van der Waals surface area contributed by atoms with E-state index in [1.54, 1.807) is 18.7 Å². The molecule has 6 heteroatoms. The fourth-order valence-electron chi connectivity index (χ4n) is 3.40. The molecule has 24 heavy (non-hydrogen) atoms. The molecular weight excluding hydrogens is 386 g/mol. The minimum atomic E-state index is 0.0241. The number of amides is 1. The highest BCUT2D eigenvalue weighted by molar-refractivity contribution is 9.10. The SMILES string of the molecule is CC(=O)N(c1ccc(Br)cc1)C1CSC(=NC2CCCCC2)N1C. The number of halogens is 1. The van der Waals surface area contributed by atoms with Gasteiger partial charge in [-0.1, -0.05) is 47.0 Å². The van der Waals surface area contributed by atoms with Gasteiger partial charge in [-0.15, -0.1) is 0 Å². The summed E-state index contributed by atoms with van der Waals surface area (Å²) in [5.74, 6) is 0.922. The van der Waals surface area contributed by atoms with Gasteiger partial charge in [-0.2, -0.15) is 0 Å². The van der Waals surface area contributed by atoms with Gasteiger partial charge in [-0.25, -0.2) is 0 Å². The van der Waals surface area contributed by atoms with Crippen LogP contribution in [0.15, 0.2) is 33.7 Å². The molecule has 2 fully saturated rings. The topological polar surface area (TPSA) is 35.9 Å². The fourth-order valence-corrected chi connectivity index (χ4v) is 4.88. The van der Waals surface area contributed by atoms with Crippen LogP contribution in [-0.2, 0) is 4.79 Å². The molecule has 0 spiro atoms. The van der Waals surface area contributed by atoms with Crippen LogP contribution in [0.5, 0.6) is 0 Å². The third-order valence-electron chi connectivity index (χ3n) is 4.72. The summed E-state index contributed by atoms with van der Waals surface area (Å²) in [6, 6.07) is 8.39. The first-order valence-corrected chi connectivity index (χ1v) is 10.3. The number of amidine groups is 1. The predicted molar refractivity (Wildman–Crippen MR) is 106 cm³/mol. The van der Waals surface area contributed by atoms with Crippen LogP contribution in [0.25, 0.3) is 0 Å². The lowest BCUT2D eigenvalue weighted by atomic mass is 9.96. The average Bonchev–Trinajstić information content (AvgIpc) is 2.91. The maximum absolute atomic E-state index is 12.3. The van der Waals surface area contributed by atoms with E-state index in [1.807, 2.05) is 29.2 Å². The standard InChI is InChI=1S/C18H24BrN3OS/c1-13(23)22(16-10-8-14(19)9-11-16)17-12-24-18(21(17)2)20-15-6-4-3-5-7-15/h8-11,15,17H,3-7,12H2,1-2H3. The van der Waals surface area contributed by atoms with Gasteiger partial charge in [0.2, 0.25) is 5.91 Å². The van der Waals surface area contributed by atoms with E-state index in [1.165, 1.54) is 32.1 Å². The van der Waals surface area contributed by atoms with Crippen molar-refractivity contribution in [3.8, 4) is 0 Å². The second kappa shape index (κ2) is 7.91. The van der Waals surface area contributed by atoms with Gasteiger partial charge < -0.3 is 4.90 Å². The minimum Gasteiger partial charge on any atom is -0.333 e. The van der Waals surface area contributed by atoms with Gasteiger partial charge in [0.1, 0.15) is 6.17 Å². The Hall–Kier alpha value is -1.01. The zero-order valence-electron chi connectivity index (χ0n) is 14.2. The lowest BCUT2D eigenvalue weighted by molar-refractivity contribution is -0.117. The monoisotopic (exact) mass is 409 g/mol. The second-order valence-electron chi connectivity index (χ2n) is 6.47. The van der Waals surface area contributed by atoms with Crippen molar-refractivity contribution in [2.75, 3.05) is 17.7 Å². The number of hydrogen-bond donors (Lipinski definition) is 0. The molecule has 0 bridgehead atoms. The van der Waals surface area contributed by atoms with Crippen molar-refractivity contribution in [2.24, 2.45) is 4.99 Å². The summed E-state index contributed by atoms with van der Waals surface area (Å²) >= 11 is 5.22. The van der Waals surface area contributed by atoms with Crippen molar-refractivity contribution >= 4 is 44.5 Å². The number of anilines is 1. The first-order chi connectivity index (χ1) is 11.6. The minimum absolute atomic E-state index is 0.0241. The Balaban J connectivity index is 1.78. The number of aliphatic imine (C=N–C) groups is 1. The summed E-state index contributed by atoms with van der Waals surface area (Å²) in [5, 5.41) is 1.08. The van der Waals surface area contributed by atoms with E-state index >= 15 is 0 Å². The lowest BCUT2D eigenvalue weighted by Crippen LogP contribution is -2.48. The van der Waals surface area contributed by atoms with Crippen molar-refractivity contribution in [1.29, 1.82) is 0 Å². The van der Waals surface area contributed by atoms with E-state index in [9.17, 15) is 4.79 Å². The molecule has 0 aromatic heterocycles. The molecule has 1 saturated heterocycles. The summed E-state index contributed by atoms with van der Waals surface area (Å²) in [6.45, 7) is 1.64. The van der Waals surface area contributed by atoms with Gasteiger partial charge in [0, 0.05) is 29.9 Å². The predicted octanol–water partition coefficient (Wildman–Crippen LogP) is 4.50. The van der Waals surface area contributed by atoms with Crippen molar-refractivity contribution < 1.29 is 4.79 Å². The third-order valence-corrected chi connectivity index (χ3v) is 6.37. The van der Waals surface area contributed by atoms with Crippen LogP contribution < -0.4 is 4.90 Å². The maximum Gasteiger partial charge on any atom is 0.225 e. The number of rotatable bonds is 3. The summed E-state index contributed by atoms with van der Waals surface area (Å²) < 4.78 is 1.02. The van der Waals surface area contributed by atoms with Crippen LogP contribution in [0.3, 0.4) is 0 Å². The number of carbonyl (C=O) groups is 1. The van der Waals surface area contributed by atoms with Crippen LogP contribution in [-0.4, -0.2) is 41.0 Å². The third kappa shape index (κ3) is 3.97. The quantitative estimate of drug-likeness (QED) is 0.737. The lowest BCUT2D eigenvalue weighted by Gasteiger charge is -2.33. The van der Waals surface area contributed by atoms with Gasteiger partial charge in [-0.3, -0.25) is 14.7 Å². The molecule has 2 aliphatic rings. The van der Waals surface area contributed by atoms with Gasteiger partial charge in [0.05, 0.1) is 6.04 Å². The second-order valence-corrected chi connectivity index (χ2v) is 8.37. The van der Waals surface area contributed by atoms with Crippen LogP contribution in [0.2, 0.25) is 0 Å². The molecule has 0 N–H and O–H groups in total. The summed E-state index contributed by atoms with van der Waals surface area (Å²) in [6.07, 6.45) is 6.35. The van der Waals surface area contributed by atoms with E-state index < -0.39 is 0 Å². The average molecular weight is 410 g/mol. The van der Waals surface area contributed by atoms with E-state index in [0.717, 1.165) is 21.1 Å². The largest absolute Gasteiger partial charge is 0.333 e. The Morgan fingerprint density at radius 3 is 2.54 bits per heavy atom. The van der Waals surface area contributed by atoms with E-state index in [-0.39, 0.29) is 12.1 Å². The summed E-state index contributed by atoms with van der Waals surface area (Å²) in [4.78, 5) is 21.3. The maximum atomic E-state index is 12.3. The summed E-state index contributed by atoms with van der Waals surface area (Å²) in [7, 11) is 2.06. The van der Waals surface area contributed by atoms with Crippen LogP contribution >= 0.6 is 27.7 Å². The first-order valence-electron chi connectivity index (χ1n) is 8.55. The molecule has 1 atom stereocenters. The number of thioether (sulfide) groups is 1. The highest BCUT2D eigenvalue weighted by Crippen LogP contribution is 2.31. The highest BCUT2D eigenvalue weighted by Gasteiger charge is 2.34. The highest BCUT2D eigenvalue weighted by atomic mass is 79.9. The number of hydrogen-bond acceptors (Lipinski definition) is 3. The van der Waals surface area contributed by atoms with E-state index in [2.05, 4.69) is 27.9 Å². The summed E-state index contributed by atoms with van der Waals surface area (Å²) in [5.41, 5.74) is 0.932. The number of benzene rings is 1. The Bertz CT molecular complexity index is 613. The van der Waals surface area contributed by atoms with Crippen LogP contribution in [0, 0.1) is 0 Å². The molecule has 1 aromatic carbocycles. The first kappa shape index (κ1) is 17.8. The Labute approximate surface area is 156 Å². The molecular formula is C18H24BrN3OS. The Kier molecular flexibility index (Phi) is 5.87. The van der Waals surface area contributed by atoms with Gasteiger partial charge in [0.25, 0.3) is 0 Å². The molecule has 0 radical (unpaired) electrons. The van der Waals surface area contributed by atoms with Crippen molar-refractivity contribution in [3.05, 3.63) is 28.7 Å². The van der Waals surface area contributed by atoms with Gasteiger partial charge in [0.15, 0.2) is 5.17 Å². The fraction of sp³-hybridized carbons (Fsp3) is 0.556. The zero-order chi connectivity index (χ0) is 17.1. The number of nitrogens with zero attached hydrogens (tertiary/aromatic N) is 3. The van der Waals surface area contributed by atoms with Crippen LogP contribution in [0.1, 0.15) is 39.0 Å². The van der Waals surface area contributed by atoms with Crippen LogP contribution in [0.4, 0.5) is 5.69 Å². The van der Waals surface area contributed by atoms with Gasteiger partial charge >= 0.3 is 0 Å². The molecule has 1 unspecified atom stereocenters. The zero-order valence-corrected chi connectivity index (χ0v) is 16.6.